The molecular weight excluding hydrogens is 221 g/mol. The molecule has 1 rings (SSSR count). The molecule has 0 fully saturated rings. The van der Waals surface area contributed by atoms with Gasteiger partial charge in [-0.05, 0) is 12.1 Å². The molecule has 82 valence electrons. The summed E-state index contributed by atoms with van der Waals surface area (Å²) in [5, 5.41) is 26.1. The lowest BCUT2D eigenvalue weighted by Crippen LogP contribution is -2.21. The maximum atomic E-state index is 12.2. The molecule has 0 spiro atoms. The first-order valence-electron chi connectivity index (χ1n) is 4.09. The van der Waals surface area contributed by atoms with Crippen LogP contribution >= 0.6 is 0 Å². The number of benzene rings is 1. The Hall–Kier alpha value is -2.05. The van der Waals surface area contributed by atoms with E-state index in [4.69, 9.17) is 15.6 Å². The van der Waals surface area contributed by atoms with Gasteiger partial charge in [0.15, 0.2) is 6.10 Å². The Balaban J connectivity index is 3.27. The van der Waals surface area contributed by atoms with Crippen molar-refractivity contribution in [2.24, 2.45) is 0 Å². The molecule has 1 unspecified atom stereocenters. The largest absolute Gasteiger partial charge is 0.418 e. The Morgan fingerprint density at radius 3 is 2.25 bits per heavy atom. The summed E-state index contributed by atoms with van der Waals surface area (Å²) in [6.45, 7) is 0. The summed E-state index contributed by atoms with van der Waals surface area (Å²) in [7, 11) is 0. The summed E-state index contributed by atoms with van der Waals surface area (Å²) in [4.78, 5) is 0. The predicted octanol–water partition coefficient (Wildman–Crippen LogP) is 2.03. The van der Waals surface area contributed by atoms with Crippen LogP contribution in [0.15, 0.2) is 18.2 Å². The molecule has 0 aliphatic rings. The SMILES string of the molecule is N#Cc1ccc(C(O)C(F)(F)F)c(C#N)c1. The third-order valence-corrected chi connectivity index (χ3v) is 1.91. The van der Waals surface area contributed by atoms with Crippen molar-refractivity contribution in [3.8, 4) is 12.1 Å². The van der Waals surface area contributed by atoms with Gasteiger partial charge in [-0.25, -0.2) is 0 Å². The van der Waals surface area contributed by atoms with Gasteiger partial charge in [-0.2, -0.15) is 23.7 Å². The van der Waals surface area contributed by atoms with Crippen molar-refractivity contribution >= 4 is 0 Å². The van der Waals surface area contributed by atoms with E-state index in [0.29, 0.717) is 0 Å². The highest BCUT2D eigenvalue weighted by atomic mass is 19.4. The summed E-state index contributed by atoms with van der Waals surface area (Å²) >= 11 is 0. The zero-order valence-corrected chi connectivity index (χ0v) is 7.78. The van der Waals surface area contributed by atoms with E-state index in [2.05, 4.69) is 0 Å². The van der Waals surface area contributed by atoms with Crippen LogP contribution in [-0.2, 0) is 0 Å². The molecule has 0 bridgehead atoms. The zero-order chi connectivity index (χ0) is 12.3. The molecular formula is C10H5F3N2O. The fraction of sp³-hybridized carbons (Fsp3) is 0.200. The van der Waals surface area contributed by atoms with E-state index in [1.165, 1.54) is 6.07 Å². The summed E-state index contributed by atoms with van der Waals surface area (Å²) < 4.78 is 36.6. The number of hydrogen-bond acceptors (Lipinski definition) is 3. The van der Waals surface area contributed by atoms with Gasteiger partial charge in [0, 0.05) is 5.56 Å². The lowest BCUT2D eigenvalue weighted by Gasteiger charge is -2.15. The highest BCUT2D eigenvalue weighted by Gasteiger charge is 2.40. The first-order valence-corrected chi connectivity index (χ1v) is 4.09. The number of aliphatic hydroxyl groups excluding tert-OH is 1. The van der Waals surface area contributed by atoms with Gasteiger partial charge in [0.25, 0.3) is 0 Å². The molecule has 1 aromatic rings. The van der Waals surface area contributed by atoms with Crippen molar-refractivity contribution in [1.29, 1.82) is 10.5 Å². The average molecular weight is 226 g/mol. The van der Waals surface area contributed by atoms with Gasteiger partial charge in [-0.15, -0.1) is 0 Å². The smallest absolute Gasteiger partial charge is 0.379 e. The molecule has 0 heterocycles. The van der Waals surface area contributed by atoms with E-state index in [1.807, 2.05) is 0 Å². The molecule has 1 N–H and O–H groups in total. The van der Waals surface area contributed by atoms with Crippen molar-refractivity contribution in [3.05, 3.63) is 34.9 Å². The molecule has 0 saturated heterocycles. The monoisotopic (exact) mass is 226 g/mol. The number of alkyl halides is 3. The summed E-state index contributed by atoms with van der Waals surface area (Å²) in [5.41, 5.74) is -0.840. The van der Waals surface area contributed by atoms with Gasteiger partial charge in [0.2, 0.25) is 0 Å². The predicted molar refractivity (Wildman–Crippen MR) is 46.9 cm³/mol. The second-order valence-corrected chi connectivity index (χ2v) is 2.97. The van der Waals surface area contributed by atoms with Crippen LogP contribution in [0.5, 0.6) is 0 Å². The molecule has 0 aliphatic carbocycles. The number of aliphatic hydroxyl groups is 1. The van der Waals surface area contributed by atoms with Crippen LogP contribution in [0.3, 0.4) is 0 Å². The van der Waals surface area contributed by atoms with Crippen LogP contribution in [0.4, 0.5) is 13.2 Å². The molecule has 16 heavy (non-hydrogen) atoms. The molecule has 1 aromatic carbocycles. The minimum atomic E-state index is -4.83. The van der Waals surface area contributed by atoms with Gasteiger partial charge in [0.1, 0.15) is 0 Å². The van der Waals surface area contributed by atoms with Crippen molar-refractivity contribution in [3.63, 3.8) is 0 Å². The summed E-state index contributed by atoms with van der Waals surface area (Å²) in [5.74, 6) is 0. The van der Waals surface area contributed by atoms with Crippen LogP contribution in [0.1, 0.15) is 22.8 Å². The molecule has 1 atom stereocenters. The molecule has 3 nitrogen and oxygen atoms in total. The minimum Gasteiger partial charge on any atom is -0.379 e. The van der Waals surface area contributed by atoms with Crippen molar-refractivity contribution in [2.45, 2.75) is 12.3 Å². The molecule has 0 radical (unpaired) electrons. The van der Waals surface area contributed by atoms with Gasteiger partial charge < -0.3 is 5.11 Å². The Bertz CT molecular complexity index is 482. The van der Waals surface area contributed by atoms with Crippen LogP contribution in [0.25, 0.3) is 0 Å². The number of nitriles is 2. The Morgan fingerprint density at radius 2 is 1.81 bits per heavy atom. The normalized spacial score (nSPS) is 12.6. The van der Waals surface area contributed by atoms with E-state index in [-0.39, 0.29) is 11.1 Å². The Kier molecular flexibility index (Phi) is 3.17. The second-order valence-electron chi connectivity index (χ2n) is 2.97. The fourth-order valence-corrected chi connectivity index (χ4v) is 1.14. The highest BCUT2D eigenvalue weighted by Crippen LogP contribution is 2.34. The maximum Gasteiger partial charge on any atom is 0.418 e. The van der Waals surface area contributed by atoms with E-state index < -0.39 is 17.8 Å². The second kappa shape index (κ2) is 4.21. The number of nitrogens with zero attached hydrogens (tertiary/aromatic N) is 2. The lowest BCUT2D eigenvalue weighted by atomic mass is 10.0. The maximum absolute atomic E-state index is 12.2. The first-order chi connectivity index (χ1) is 7.40. The van der Waals surface area contributed by atoms with E-state index in [9.17, 15) is 13.2 Å². The summed E-state index contributed by atoms with van der Waals surface area (Å²) in [6, 6.07) is 6.25. The minimum absolute atomic E-state index is 0.0645. The van der Waals surface area contributed by atoms with E-state index >= 15 is 0 Å². The Labute approximate surface area is 89.0 Å². The average Bonchev–Trinajstić information content (AvgIpc) is 2.26. The van der Waals surface area contributed by atoms with Gasteiger partial charge in [-0.1, -0.05) is 6.07 Å². The Morgan fingerprint density at radius 1 is 1.19 bits per heavy atom. The lowest BCUT2D eigenvalue weighted by molar-refractivity contribution is -0.206. The van der Waals surface area contributed by atoms with Crippen LogP contribution in [0, 0.1) is 22.7 Å². The van der Waals surface area contributed by atoms with Crippen LogP contribution < -0.4 is 0 Å². The standard InChI is InChI=1S/C10H5F3N2O/c11-10(12,13)9(16)8-2-1-6(4-14)3-7(8)5-15/h1-3,9,16H. The molecule has 0 amide bonds. The topological polar surface area (TPSA) is 67.8 Å². The summed E-state index contributed by atoms with van der Waals surface area (Å²) in [6.07, 6.45) is -7.55. The number of halogens is 3. The van der Waals surface area contributed by atoms with Gasteiger partial charge >= 0.3 is 6.18 Å². The van der Waals surface area contributed by atoms with E-state index in [0.717, 1.165) is 18.2 Å². The van der Waals surface area contributed by atoms with Crippen LogP contribution in [0.2, 0.25) is 0 Å². The van der Waals surface area contributed by atoms with Crippen molar-refractivity contribution in [2.75, 3.05) is 0 Å². The zero-order valence-electron chi connectivity index (χ0n) is 7.78. The highest BCUT2D eigenvalue weighted by molar-refractivity contribution is 5.45. The van der Waals surface area contributed by atoms with Crippen molar-refractivity contribution < 1.29 is 18.3 Å². The fourth-order valence-electron chi connectivity index (χ4n) is 1.14. The third-order valence-electron chi connectivity index (χ3n) is 1.91. The quantitative estimate of drug-likeness (QED) is 0.796. The number of rotatable bonds is 1. The van der Waals surface area contributed by atoms with Crippen LogP contribution in [-0.4, -0.2) is 11.3 Å². The van der Waals surface area contributed by atoms with Gasteiger partial charge in [-0.3, -0.25) is 0 Å². The number of hydrogen-bond donors (Lipinski definition) is 1. The molecule has 0 aliphatic heterocycles. The van der Waals surface area contributed by atoms with Gasteiger partial charge in [0.05, 0.1) is 23.3 Å². The van der Waals surface area contributed by atoms with Crippen molar-refractivity contribution in [1.82, 2.24) is 0 Å². The molecule has 0 saturated carbocycles. The molecule has 0 aromatic heterocycles. The van der Waals surface area contributed by atoms with E-state index in [1.54, 1.807) is 6.07 Å². The first kappa shape index (κ1) is 12.0. The molecule has 6 heteroatoms. The third kappa shape index (κ3) is 2.30.